The zero-order valence-corrected chi connectivity index (χ0v) is 11.3. The largest absolute Gasteiger partial charge is 0.466 e. The zero-order valence-electron chi connectivity index (χ0n) is 10.4. The van der Waals surface area contributed by atoms with Crippen LogP contribution in [-0.2, 0) is 23.1 Å². The van der Waals surface area contributed by atoms with Crippen LogP contribution in [0.3, 0.4) is 0 Å². The van der Waals surface area contributed by atoms with E-state index in [9.17, 15) is 9.36 Å². The molecule has 0 aromatic carbocycles. The summed E-state index contributed by atoms with van der Waals surface area (Å²) in [5, 5.41) is 0. The van der Waals surface area contributed by atoms with Crippen molar-refractivity contribution in [2.24, 2.45) is 0 Å². The minimum Gasteiger partial charge on any atom is -0.466 e. The minimum absolute atomic E-state index is 0.0467. The van der Waals surface area contributed by atoms with E-state index in [2.05, 4.69) is 0 Å². The Bertz CT molecular complexity index is 244. The smallest absolute Gasteiger partial charge is 0.334 e. The maximum Gasteiger partial charge on any atom is 0.334 e. The summed E-state index contributed by atoms with van der Waals surface area (Å²) in [6.07, 6.45) is 0.0467. The summed E-state index contributed by atoms with van der Waals surface area (Å²) in [5.41, 5.74) is -0.480. The molecule has 0 radical (unpaired) electrons. The van der Waals surface area contributed by atoms with Crippen LogP contribution in [0.4, 0.5) is 0 Å². The molecule has 96 valence electrons. The van der Waals surface area contributed by atoms with Crippen molar-refractivity contribution >= 4 is 13.6 Å². The van der Waals surface area contributed by atoms with Crippen molar-refractivity contribution < 1.29 is 23.1 Å². The molecule has 1 unspecified atom stereocenters. The molecule has 0 saturated carbocycles. The fourth-order valence-electron chi connectivity index (χ4n) is 1.22. The van der Waals surface area contributed by atoms with E-state index in [4.69, 9.17) is 13.8 Å². The fraction of sp³-hybridized carbons (Fsp3) is 0.900. The standard InChI is InChI=1S/C10H21O5P/c1-5-13-10(11)8-9(4)16(12,14-6-2)15-7-3/h9H,5-8H2,1-4H3. The Balaban J connectivity index is 4.43. The molecule has 0 aliphatic heterocycles. The molecule has 0 aliphatic rings. The van der Waals surface area contributed by atoms with Crippen LogP contribution in [0.1, 0.15) is 34.1 Å². The molecule has 0 spiro atoms. The van der Waals surface area contributed by atoms with Gasteiger partial charge in [-0.25, -0.2) is 0 Å². The van der Waals surface area contributed by atoms with E-state index in [1.54, 1.807) is 27.7 Å². The van der Waals surface area contributed by atoms with E-state index in [-0.39, 0.29) is 12.4 Å². The van der Waals surface area contributed by atoms with Crippen molar-refractivity contribution in [2.45, 2.75) is 39.8 Å². The molecule has 16 heavy (non-hydrogen) atoms. The van der Waals surface area contributed by atoms with Crippen LogP contribution in [0.15, 0.2) is 0 Å². The van der Waals surface area contributed by atoms with Gasteiger partial charge < -0.3 is 13.8 Å². The molecule has 0 amide bonds. The Kier molecular flexibility index (Phi) is 7.64. The zero-order chi connectivity index (χ0) is 12.6. The van der Waals surface area contributed by atoms with Crippen LogP contribution in [0.5, 0.6) is 0 Å². The summed E-state index contributed by atoms with van der Waals surface area (Å²) in [7, 11) is -3.19. The second-order valence-electron chi connectivity index (χ2n) is 3.23. The second kappa shape index (κ2) is 7.82. The highest BCUT2D eigenvalue weighted by molar-refractivity contribution is 7.54. The molecular weight excluding hydrogens is 231 g/mol. The lowest BCUT2D eigenvalue weighted by Crippen LogP contribution is -2.16. The van der Waals surface area contributed by atoms with Gasteiger partial charge in [0.15, 0.2) is 0 Å². The summed E-state index contributed by atoms with van der Waals surface area (Å²) in [4.78, 5) is 11.3. The van der Waals surface area contributed by atoms with Crippen LogP contribution in [-0.4, -0.2) is 31.4 Å². The normalized spacial score (nSPS) is 13.5. The van der Waals surface area contributed by atoms with Crippen molar-refractivity contribution in [1.29, 1.82) is 0 Å². The summed E-state index contributed by atoms with van der Waals surface area (Å²) in [6.45, 7) is 7.79. The van der Waals surface area contributed by atoms with Crippen molar-refractivity contribution in [3.05, 3.63) is 0 Å². The summed E-state index contributed by atoms with van der Waals surface area (Å²) in [6, 6.07) is 0. The minimum atomic E-state index is -3.19. The summed E-state index contributed by atoms with van der Waals surface area (Å²) >= 11 is 0. The van der Waals surface area contributed by atoms with Gasteiger partial charge in [0.2, 0.25) is 0 Å². The Morgan fingerprint density at radius 3 is 2.00 bits per heavy atom. The maximum absolute atomic E-state index is 12.2. The quantitative estimate of drug-likeness (QED) is 0.491. The Labute approximate surface area is 97.0 Å². The van der Waals surface area contributed by atoms with E-state index in [1.807, 2.05) is 0 Å². The molecule has 1 atom stereocenters. The van der Waals surface area contributed by atoms with Gasteiger partial charge in [-0.05, 0) is 20.8 Å². The molecule has 0 aliphatic carbocycles. The van der Waals surface area contributed by atoms with Crippen LogP contribution in [0, 0.1) is 0 Å². The van der Waals surface area contributed by atoms with Gasteiger partial charge in [0.25, 0.3) is 0 Å². The topological polar surface area (TPSA) is 61.8 Å². The monoisotopic (exact) mass is 252 g/mol. The van der Waals surface area contributed by atoms with Gasteiger partial charge in [-0.1, -0.05) is 6.92 Å². The third-order valence-electron chi connectivity index (χ3n) is 1.93. The van der Waals surface area contributed by atoms with E-state index in [0.29, 0.717) is 19.8 Å². The molecule has 5 nitrogen and oxygen atoms in total. The highest BCUT2D eigenvalue weighted by Gasteiger charge is 2.33. The first-order chi connectivity index (χ1) is 7.50. The van der Waals surface area contributed by atoms with Gasteiger partial charge in [0, 0.05) is 0 Å². The SMILES string of the molecule is CCOC(=O)CC(C)P(=O)(OCC)OCC. The van der Waals surface area contributed by atoms with E-state index < -0.39 is 13.3 Å². The molecule has 0 rings (SSSR count). The molecule has 0 saturated heterocycles. The lowest BCUT2D eigenvalue weighted by Gasteiger charge is -2.22. The van der Waals surface area contributed by atoms with Crippen molar-refractivity contribution in [3.63, 3.8) is 0 Å². The van der Waals surface area contributed by atoms with Gasteiger partial charge >= 0.3 is 13.6 Å². The number of ether oxygens (including phenoxy) is 1. The molecule has 0 fully saturated rings. The average molecular weight is 252 g/mol. The van der Waals surface area contributed by atoms with E-state index in [0.717, 1.165) is 0 Å². The van der Waals surface area contributed by atoms with Crippen LogP contribution < -0.4 is 0 Å². The van der Waals surface area contributed by atoms with Gasteiger partial charge in [-0.2, -0.15) is 0 Å². The number of esters is 1. The van der Waals surface area contributed by atoms with Gasteiger partial charge in [-0.15, -0.1) is 0 Å². The van der Waals surface area contributed by atoms with Gasteiger partial charge in [0.05, 0.1) is 31.9 Å². The number of rotatable bonds is 8. The highest BCUT2D eigenvalue weighted by atomic mass is 31.2. The number of hydrogen-bond donors (Lipinski definition) is 0. The number of carbonyl (C=O) groups excluding carboxylic acids is 1. The van der Waals surface area contributed by atoms with Gasteiger partial charge in [0.1, 0.15) is 0 Å². The molecule has 0 N–H and O–H groups in total. The summed E-state index contributed by atoms with van der Waals surface area (Å²) in [5.74, 6) is -0.380. The third-order valence-corrected chi connectivity index (χ3v) is 4.42. The fourth-order valence-corrected chi connectivity index (χ4v) is 2.90. The predicted molar refractivity (Wildman–Crippen MR) is 61.6 cm³/mol. The lowest BCUT2D eigenvalue weighted by atomic mass is 10.3. The highest BCUT2D eigenvalue weighted by Crippen LogP contribution is 2.53. The second-order valence-corrected chi connectivity index (χ2v) is 5.71. The molecular formula is C10H21O5P. The molecule has 0 aromatic rings. The first-order valence-corrected chi connectivity index (χ1v) is 7.15. The predicted octanol–water partition coefficient (Wildman–Crippen LogP) is 2.59. The van der Waals surface area contributed by atoms with Crippen LogP contribution >= 0.6 is 7.60 Å². The first kappa shape index (κ1) is 15.6. The maximum atomic E-state index is 12.2. The molecule has 0 bridgehead atoms. The van der Waals surface area contributed by atoms with Crippen LogP contribution in [0.25, 0.3) is 0 Å². The average Bonchev–Trinajstić information content (AvgIpc) is 2.18. The van der Waals surface area contributed by atoms with Gasteiger partial charge in [-0.3, -0.25) is 9.36 Å². The van der Waals surface area contributed by atoms with Crippen LogP contribution in [0.2, 0.25) is 0 Å². The Morgan fingerprint density at radius 2 is 1.62 bits per heavy atom. The summed E-state index contributed by atoms with van der Waals surface area (Å²) < 4.78 is 27.3. The van der Waals surface area contributed by atoms with Crippen molar-refractivity contribution in [2.75, 3.05) is 19.8 Å². The van der Waals surface area contributed by atoms with Crippen molar-refractivity contribution in [3.8, 4) is 0 Å². The van der Waals surface area contributed by atoms with E-state index >= 15 is 0 Å². The third kappa shape index (κ3) is 5.10. The Morgan fingerprint density at radius 1 is 1.12 bits per heavy atom. The van der Waals surface area contributed by atoms with Crippen molar-refractivity contribution in [1.82, 2.24) is 0 Å². The number of carbonyl (C=O) groups is 1. The number of hydrogen-bond acceptors (Lipinski definition) is 5. The lowest BCUT2D eigenvalue weighted by molar-refractivity contribution is -0.143. The van der Waals surface area contributed by atoms with E-state index in [1.165, 1.54) is 0 Å². The molecule has 6 heteroatoms. The first-order valence-electron chi connectivity index (χ1n) is 5.54. The molecule has 0 heterocycles. The Hall–Kier alpha value is -0.380. The molecule has 0 aromatic heterocycles.